The largest absolute Gasteiger partial charge is 0.453 e. The van der Waals surface area contributed by atoms with Gasteiger partial charge in [0, 0.05) is 16.6 Å². The van der Waals surface area contributed by atoms with Crippen LogP contribution in [0.3, 0.4) is 0 Å². The van der Waals surface area contributed by atoms with Gasteiger partial charge in [-0.3, -0.25) is 0 Å². The molecule has 0 fully saturated rings. The highest BCUT2D eigenvalue weighted by molar-refractivity contribution is 6.32. The second-order valence-electron chi connectivity index (χ2n) is 14.0. The van der Waals surface area contributed by atoms with Crippen molar-refractivity contribution in [2.24, 2.45) is 4.99 Å². The quantitative estimate of drug-likeness (QED) is 0.183. The fourth-order valence-electron chi connectivity index (χ4n) is 8.14. The first kappa shape index (κ1) is 30.5. The van der Waals surface area contributed by atoms with E-state index in [9.17, 15) is 0 Å². The van der Waals surface area contributed by atoms with E-state index in [2.05, 4.69) is 192 Å². The third-order valence-corrected chi connectivity index (χ3v) is 10.8. The van der Waals surface area contributed by atoms with Crippen LogP contribution in [0.4, 0.5) is 0 Å². The van der Waals surface area contributed by atoms with E-state index in [4.69, 9.17) is 9.41 Å². The van der Waals surface area contributed by atoms with Gasteiger partial charge in [0.25, 0.3) is 0 Å². The zero-order chi connectivity index (χ0) is 35.6. The van der Waals surface area contributed by atoms with Gasteiger partial charge in [-0.1, -0.05) is 146 Å². The summed E-state index contributed by atoms with van der Waals surface area (Å²) in [5, 5.41) is 11.0. The van der Waals surface area contributed by atoms with Gasteiger partial charge in [-0.25, -0.2) is 4.99 Å². The minimum absolute atomic E-state index is 0.0139. The third kappa shape index (κ3) is 4.96. The predicted octanol–water partition coefficient (Wildman–Crippen LogP) is 12.6. The molecule has 0 aliphatic carbocycles. The molecule has 4 heteroatoms. The summed E-state index contributed by atoms with van der Waals surface area (Å²) in [4.78, 5) is 5.10. The fourth-order valence-corrected chi connectivity index (χ4v) is 8.14. The second kappa shape index (κ2) is 12.2. The van der Waals surface area contributed by atoms with Crippen molar-refractivity contribution in [3.8, 4) is 16.8 Å². The molecule has 9 aromatic carbocycles. The molecule has 1 aromatic heterocycles. The van der Waals surface area contributed by atoms with E-state index >= 15 is 0 Å². The van der Waals surface area contributed by atoms with Crippen LogP contribution in [0.2, 0.25) is 0 Å². The molecule has 0 spiro atoms. The molecule has 4 nitrogen and oxygen atoms in total. The molecule has 54 heavy (non-hydrogen) atoms. The number of hydrogen-bond acceptors (Lipinski definition) is 3. The van der Waals surface area contributed by atoms with Crippen molar-refractivity contribution in [1.29, 1.82) is 0 Å². The molecule has 11 rings (SSSR count). The first-order valence-electron chi connectivity index (χ1n) is 18.4. The molecule has 0 amide bonds. The van der Waals surface area contributed by atoms with Gasteiger partial charge in [0.1, 0.15) is 5.84 Å². The van der Waals surface area contributed by atoms with E-state index in [1.807, 2.05) is 6.07 Å². The second-order valence-corrected chi connectivity index (χ2v) is 14.0. The maximum Gasteiger partial charge on any atom is 0.152 e. The predicted molar refractivity (Wildman–Crippen MR) is 224 cm³/mol. The molecule has 1 aliphatic heterocycles. The van der Waals surface area contributed by atoms with E-state index in [1.165, 1.54) is 32.5 Å². The molecule has 1 atom stereocenters. The molecule has 1 N–H and O–H groups in total. The Labute approximate surface area is 311 Å². The Hall–Kier alpha value is -7.17. The maximum atomic E-state index is 6.68. The molecule has 1 unspecified atom stereocenters. The minimum atomic E-state index is 0.0139. The van der Waals surface area contributed by atoms with Crippen LogP contribution in [0, 0.1) is 0 Å². The van der Waals surface area contributed by atoms with Crippen molar-refractivity contribution >= 4 is 66.0 Å². The lowest BCUT2D eigenvalue weighted by Crippen LogP contribution is -2.31. The molecular weight excluding hydrogens is 659 g/mol. The van der Waals surface area contributed by atoms with Gasteiger partial charge in [-0.2, -0.15) is 0 Å². The standard InChI is InChI=1S/C50H33N3O/c1-3-11-34(12-4-1)43-31-44(52-50(51-43)36-13-5-2-6-14-36)35-21-19-32(20-22-35)33-23-25-39(26-24-33)53-45-29-37-15-7-8-16-38(37)30-47(45)54-46-28-27-42-40-17-9-10-18-41(40)48(42)49(46)53/h1-31,43H,(H,51,52). The molecule has 0 saturated carbocycles. The molecule has 0 saturated heterocycles. The Bertz CT molecular complexity index is 3080. The van der Waals surface area contributed by atoms with E-state index in [0.717, 1.165) is 67.1 Å². The van der Waals surface area contributed by atoms with Gasteiger partial charge in [0.05, 0.1) is 22.8 Å². The van der Waals surface area contributed by atoms with Crippen LogP contribution in [0.15, 0.2) is 197 Å². The maximum absolute atomic E-state index is 6.68. The van der Waals surface area contributed by atoms with Crippen LogP contribution in [0.1, 0.15) is 22.7 Å². The zero-order valence-corrected chi connectivity index (χ0v) is 29.3. The van der Waals surface area contributed by atoms with E-state index < -0.39 is 0 Å². The Kier molecular flexibility index (Phi) is 6.89. The Morgan fingerprint density at radius 3 is 1.87 bits per heavy atom. The number of fused-ring (bicyclic) bond motifs is 8. The average molecular weight is 692 g/mol. The normalized spacial score (nSPS) is 14.5. The summed E-state index contributed by atoms with van der Waals surface area (Å²) in [6, 6.07) is 64.5. The highest BCUT2D eigenvalue weighted by Gasteiger charge is 2.21. The summed E-state index contributed by atoms with van der Waals surface area (Å²) in [5.41, 5.74) is 11.5. The van der Waals surface area contributed by atoms with E-state index in [0.29, 0.717) is 0 Å². The Balaban J connectivity index is 1.00. The number of nitrogens with zero attached hydrogens (tertiary/aromatic N) is 2. The SMILES string of the molecule is C1=C(c2ccc(-c3ccc(-n4c5cc6ccccc6cc5oc5ccc6c7ccccc7c6c54)cc3)cc2)N=C(c2ccccc2)NC1c1ccccc1. The summed E-state index contributed by atoms with van der Waals surface area (Å²) >= 11 is 0. The molecule has 1 aliphatic rings. The molecule has 254 valence electrons. The smallest absolute Gasteiger partial charge is 0.152 e. The van der Waals surface area contributed by atoms with Crippen LogP contribution in [-0.2, 0) is 0 Å². The molecular formula is C50H33N3O. The minimum Gasteiger partial charge on any atom is -0.453 e. The zero-order valence-electron chi connectivity index (χ0n) is 29.3. The van der Waals surface area contributed by atoms with Gasteiger partial charge < -0.3 is 14.3 Å². The van der Waals surface area contributed by atoms with Crippen molar-refractivity contribution in [3.63, 3.8) is 0 Å². The summed E-state index contributed by atoms with van der Waals surface area (Å²) in [6.45, 7) is 0. The summed E-state index contributed by atoms with van der Waals surface area (Å²) in [7, 11) is 0. The van der Waals surface area contributed by atoms with Crippen LogP contribution in [0.25, 0.3) is 77.0 Å². The fraction of sp³-hybridized carbons (Fsp3) is 0.0200. The first-order chi connectivity index (χ1) is 26.7. The van der Waals surface area contributed by atoms with Gasteiger partial charge in [-0.15, -0.1) is 0 Å². The van der Waals surface area contributed by atoms with Crippen molar-refractivity contribution in [2.45, 2.75) is 6.04 Å². The number of amidine groups is 1. The third-order valence-electron chi connectivity index (χ3n) is 10.8. The van der Waals surface area contributed by atoms with Gasteiger partial charge in [0.2, 0.25) is 0 Å². The van der Waals surface area contributed by atoms with Crippen LogP contribution >= 0.6 is 0 Å². The molecule has 0 bridgehead atoms. The van der Waals surface area contributed by atoms with Crippen LogP contribution < -0.4 is 5.32 Å². The summed E-state index contributed by atoms with van der Waals surface area (Å²) in [6.07, 6.45) is 2.22. The Morgan fingerprint density at radius 2 is 1.11 bits per heavy atom. The van der Waals surface area contributed by atoms with E-state index in [-0.39, 0.29) is 6.04 Å². The van der Waals surface area contributed by atoms with Crippen molar-refractivity contribution < 1.29 is 4.42 Å². The average Bonchev–Trinajstić information content (AvgIpc) is 3.24. The van der Waals surface area contributed by atoms with Crippen molar-refractivity contribution in [3.05, 3.63) is 205 Å². The van der Waals surface area contributed by atoms with Crippen LogP contribution in [0.5, 0.6) is 0 Å². The first-order valence-corrected chi connectivity index (χ1v) is 18.4. The molecule has 2 heterocycles. The monoisotopic (exact) mass is 691 g/mol. The molecule has 0 radical (unpaired) electrons. The van der Waals surface area contributed by atoms with Gasteiger partial charge >= 0.3 is 0 Å². The number of benzene rings is 8. The number of rotatable bonds is 5. The molecule has 10 aromatic rings. The Morgan fingerprint density at radius 1 is 0.500 bits per heavy atom. The lowest BCUT2D eigenvalue weighted by atomic mass is 9.93. The van der Waals surface area contributed by atoms with Gasteiger partial charge in [-0.05, 0) is 91.7 Å². The topological polar surface area (TPSA) is 42.5 Å². The number of hydrogen-bond donors (Lipinski definition) is 1. The van der Waals surface area contributed by atoms with Crippen molar-refractivity contribution in [2.75, 3.05) is 0 Å². The van der Waals surface area contributed by atoms with Gasteiger partial charge in [0.15, 0.2) is 11.2 Å². The highest BCUT2D eigenvalue weighted by Crippen LogP contribution is 2.42. The lowest BCUT2D eigenvalue weighted by molar-refractivity contribution is 0.654. The lowest BCUT2D eigenvalue weighted by Gasteiger charge is -2.24. The van der Waals surface area contributed by atoms with E-state index in [1.54, 1.807) is 0 Å². The summed E-state index contributed by atoms with van der Waals surface area (Å²) < 4.78 is 9.07. The number of aromatic nitrogens is 1. The number of nitrogens with one attached hydrogen (secondary N) is 1. The summed E-state index contributed by atoms with van der Waals surface area (Å²) in [5.74, 6) is 0.874. The van der Waals surface area contributed by atoms with Crippen molar-refractivity contribution in [1.82, 2.24) is 9.88 Å². The highest BCUT2D eigenvalue weighted by atomic mass is 16.3. The number of aliphatic imine (C=N–C) groups is 1. The van der Waals surface area contributed by atoms with Crippen LogP contribution in [-0.4, -0.2) is 10.4 Å².